The standard InChI is InChI=1S/C8H12O4.C8H14O/c9-7(10)5-3-1-2-4-6(5)8(11)12;1-5-7(3)9-8(4)6-2/h5-6H,1-4H2,(H,9,10)(H,11,12);3-6H2,1-2H3. The number of carboxylic acid groups (broad SMARTS) is 2. The van der Waals surface area contributed by atoms with E-state index in [9.17, 15) is 9.59 Å². The van der Waals surface area contributed by atoms with E-state index in [4.69, 9.17) is 14.9 Å². The van der Waals surface area contributed by atoms with Crippen LogP contribution in [0.1, 0.15) is 52.4 Å². The zero-order chi connectivity index (χ0) is 16.4. The summed E-state index contributed by atoms with van der Waals surface area (Å²) < 4.78 is 5.16. The van der Waals surface area contributed by atoms with Crippen LogP contribution in [0.4, 0.5) is 0 Å². The van der Waals surface area contributed by atoms with Crippen LogP contribution in [-0.4, -0.2) is 22.2 Å². The van der Waals surface area contributed by atoms with E-state index in [0.29, 0.717) is 12.8 Å². The van der Waals surface area contributed by atoms with Gasteiger partial charge >= 0.3 is 11.9 Å². The Hall–Kier alpha value is -1.78. The maximum absolute atomic E-state index is 10.6. The number of hydrogen-bond donors (Lipinski definition) is 2. The van der Waals surface area contributed by atoms with Gasteiger partial charge in [-0.25, -0.2) is 0 Å². The summed E-state index contributed by atoms with van der Waals surface area (Å²) in [6, 6.07) is 0. The van der Waals surface area contributed by atoms with Crippen molar-refractivity contribution in [1.29, 1.82) is 0 Å². The summed E-state index contributed by atoms with van der Waals surface area (Å²) in [4.78, 5) is 21.2. The largest absolute Gasteiger partial charge is 0.481 e. The highest BCUT2D eigenvalue weighted by Crippen LogP contribution is 2.30. The van der Waals surface area contributed by atoms with Gasteiger partial charge in [-0.3, -0.25) is 9.59 Å². The van der Waals surface area contributed by atoms with Crippen LogP contribution >= 0.6 is 0 Å². The first-order chi connectivity index (χ1) is 9.83. The van der Waals surface area contributed by atoms with Gasteiger partial charge in [0, 0.05) is 12.8 Å². The normalized spacial score (nSPS) is 20.7. The lowest BCUT2D eigenvalue weighted by Crippen LogP contribution is -2.32. The Kier molecular flexibility index (Phi) is 9.17. The van der Waals surface area contributed by atoms with Crippen molar-refractivity contribution in [2.45, 2.75) is 52.4 Å². The van der Waals surface area contributed by atoms with E-state index in [2.05, 4.69) is 13.2 Å². The molecule has 2 N–H and O–H groups in total. The third-order valence-electron chi connectivity index (χ3n) is 3.48. The van der Waals surface area contributed by atoms with Crippen molar-refractivity contribution in [3.05, 3.63) is 24.7 Å². The molecule has 0 radical (unpaired) electrons. The van der Waals surface area contributed by atoms with E-state index in [-0.39, 0.29) is 0 Å². The molecule has 0 aromatic rings. The van der Waals surface area contributed by atoms with Crippen molar-refractivity contribution in [3.8, 4) is 0 Å². The summed E-state index contributed by atoms with van der Waals surface area (Å²) >= 11 is 0. The fraction of sp³-hybridized carbons (Fsp3) is 0.625. The fourth-order valence-electron chi connectivity index (χ4n) is 2.07. The Morgan fingerprint density at radius 3 is 1.52 bits per heavy atom. The summed E-state index contributed by atoms with van der Waals surface area (Å²) in [5, 5.41) is 17.4. The Morgan fingerprint density at radius 2 is 1.29 bits per heavy atom. The van der Waals surface area contributed by atoms with Gasteiger partial charge in [0.05, 0.1) is 23.4 Å². The maximum atomic E-state index is 10.6. The molecule has 0 aromatic carbocycles. The van der Waals surface area contributed by atoms with Gasteiger partial charge in [-0.05, 0) is 12.8 Å². The zero-order valence-electron chi connectivity index (χ0n) is 12.9. The lowest BCUT2D eigenvalue weighted by Gasteiger charge is -2.24. The van der Waals surface area contributed by atoms with Gasteiger partial charge in [-0.15, -0.1) is 0 Å². The Balaban J connectivity index is 0.000000400. The van der Waals surface area contributed by atoms with Crippen LogP contribution in [0.2, 0.25) is 0 Å². The number of hydrogen-bond acceptors (Lipinski definition) is 3. The monoisotopic (exact) mass is 298 g/mol. The van der Waals surface area contributed by atoms with Crippen LogP contribution in [0.5, 0.6) is 0 Å². The molecule has 1 aliphatic rings. The minimum atomic E-state index is -0.970. The molecule has 5 heteroatoms. The first-order valence-corrected chi connectivity index (χ1v) is 7.32. The van der Waals surface area contributed by atoms with Crippen LogP contribution in [-0.2, 0) is 14.3 Å². The highest BCUT2D eigenvalue weighted by atomic mass is 16.5. The minimum Gasteiger partial charge on any atom is -0.481 e. The van der Waals surface area contributed by atoms with Crippen molar-refractivity contribution in [3.63, 3.8) is 0 Å². The summed E-state index contributed by atoms with van der Waals surface area (Å²) in [6.45, 7) is 11.4. The molecule has 21 heavy (non-hydrogen) atoms. The molecule has 0 bridgehead atoms. The van der Waals surface area contributed by atoms with Crippen LogP contribution in [0.3, 0.4) is 0 Å². The molecule has 1 rings (SSSR count). The second-order valence-corrected chi connectivity index (χ2v) is 5.06. The maximum Gasteiger partial charge on any atom is 0.307 e. The number of allylic oxidation sites excluding steroid dienone is 2. The summed E-state index contributed by atoms with van der Waals surface area (Å²) in [5.74, 6) is -1.69. The lowest BCUT2D eigenvalue weighted by molar-refractivity contribution is -0.155. The van der Waals surface area contributed by atoms with Gasteiger partial charge in [0.1, 0.15) is 0 Å². The fourth-order valence-corrected chi connectivity index (χ4v) is 2.07. The topological polar surface area (TPSA) is 83.8 Å². The van der Waals surface area contributed by atoms with Crippen molar-refractivity contribution < 1.29 is 24.5 Å². The number of ether oxygens (including phenoxy) is 1. The molecular weight excluding hydrogens is 272 g/mol. The SMILES string of the molecule is C=C(CC)OC(=C)CC.O=C(O)C1CCCCC1C(=O)O. The van der Waals surface area contributed by atoms with Crippen LogP contribution in [0, 0.1) is 11.8 Å². The summed E-state index contributed by atoms with van der Waals surface area (Å²) in [6.07, 6.45) is 4.40. The second kappa shape index (κ2) is 10.0. The molecule has 0 heterocycles. The molecule has 0 aromatic heterocycles. The number of aliphatic carboxylic acids is 2. The second-order valence-electron chi connectivity index (χ2n) is 5.06. The number of carboxylic acids is 2. The van der Waals surface area contributed by atoms with Gasteiger partial charge < -0.3 is 14.9 Å². The van der Waals surface area contributed by atoms with E-state index < -0.39 is 23.8 Å². The number of carbonyl (C=O) groups is 2. The van der Waals surface area contributed by atoms with Gasteiger partial charge in [-0.2, -0.15) is 0 Å². The van der Waals surface area contributed by atoms with Crippen LogP contribution in [0.25, 0.3) is 0 Å². The highest BCUT2D eigenvalue weighted by Gasteiger charge is 2.35. The van der Waals surface area contributed by atoms with E-state index >= 15 is 0 Å². The van der Waals surface area contributed by atoms with E-state index in [0.717, 1.165) is 37.2 Å². The molecule has 1 fully saturated rings. The number of rotatable bonds is 6. The van der Waals surface area contributed by atoms with Crippen LogP contribution in [0.15, 0.2) is 24.7 Å². The third kappa shape index (κ3) is 7.54. The molecule has 5 nitrogen and oxygen atoms in total. The molecule has 1 aliphatic carbocycles. The smallest absolute Gasteiger partial charge is 0.307 e. The molecule has 0 amide bonds. The lowest BCUT2D eigenvalue weighted by atomic mass is 9.79. The van der Waals surface area contributed by atoms with Crippen molar-refractivity contribution in [2.75, 3.05) is 0 Å². The molecule has 0 spiro atoms. The van der Waals surface area contributed by atoms with Gasteiger partial charge in [0.25, 0.3) is 0 Å². The minimum absolute atomic E-state index is 0.506. The molecule has 0 aliphatic heterocycles. The summed E-state index contributed by atoms with van der Waals surface area (Å²) in [5.41, 5.74) is 0. The van der Waals surface area contributed by atoms with Crippen molar-refractivity contribution in [2.24, 2.45) is 11.8 Å². The van der Waals surface area contributed by atoms with Gasteiger partial charge in [-0.1, -0.05) is 39.8 Å². The molecular formula is C16H26O5. The van der Waals surface area contributed by atoms with E-state index in [1.807, 2.05) is 13.8 Å². The quantitative estimate of drug-likeness (QED) is 0.728. The van der Waals surface area contributed by atoms with Gasteiger partial charge in [0.2, 0.25) is 0 Å². The molecule has 1 saturated carbocycles. The highest BCUT2D eigenvalue weighted by molar-refractivity contribution is 5.80. The summed E-state index contributed by atoms with van der Waals surface area (Å²) in [7, 11) is 0. The zero-order valence-corrected chi connectivity index (χ0v) is 12.9. The average Bonchev–Trinajstić information content (AvgIpc) is 2.47. The third-order valence-corrected chi connectivity index (χ3v) is 3.48. The Morgan fingerprint density at radius 1 is 0.952 bits per heavy atom. The van der Waals surface area contributed by atoms with E-state index in [1.54, 1.807) is 0 Å². The molecule has 2 atom stereocenters. The first kappa shape index (κ1) is 19.2. The van der Waals surface area contributed by atoms with Gasteiger partial charge in [0.15, 0.2) is 0 Å². The molecule has 0 saturated heterocycles. The van der Waals surface area contributed by atoms with Crippen molar-refractivity contribution in [1.82, 2.24) is 0 Å². The van der Waals surface area contributed by atoms with Crippen LogP contribution < -0.4 is 0 Å². The predicted octanol–water partition coefficient (Wildman–Crippen LogP) is 3.81. The Bertz CT molecular complexity index is 350. The Labute approximate surface area is 126 Å². The predicted molar refractivity (Wildman–Crippen MR) is 80.7 cm³/mol. The van der Waals surface area contributed by atoms with Crippen molar-refractivity contribution >= 4 is 11.9 Å². The average molecular weight is 298 g/mol. The first-order valence-electron chi connectivity index (χ1n) is 7.32. The van der Waals surface area contributed by atoms with E-state index in [1.165, 1.54) is 0 Å². The molecule has 2 unspecified atom stereocenters. The molecule has 120 valence electrons.